The quantitative estimate of drug-likeness (QED) is 0.727. The van der Waals surface area contributed by atoms with E-state index in [1.54, 1.807) is 0 Å². The number of nitrogens with zero attached hydrogens (tertiary/aromatic N) is 1. The first-order valence-electron chi connectivity index (χ1n) is 6.18. The Morgan fingerprint density at radius 3 is 2.41 bits per heavy atom. The summed E-state index contributed by atoms with van der Waals surface area (Å²) < 4.78 is 0. The topological polar surface area (TPSA) is 83.6 Å². The van der Waals surface area contributed by atoms with E-state index in [2.05, 4.69) is 0 Å². The molecule has 1 amide bonds. The highest BCUT2D eigenvalue weighted by Crippen LogP contribution is 2.32. The fourth-order valence-electron chi connectivity index (χ4n) is 2.07. The highest BCUT2D eigenvalue weighted by atomic mass is 16.4. The summed E-state index contributed by atoms with van der Waals surface area (Å²) in [5.74, 6) is -1.11. The number of carboxylic acid groups (broad SMARTS) is 1. The van der Waals surface area contributed by atoms with E-state index in [1.807, 2.05) is 13.8 Å². The molecule has 1 aliphatic rings. The van der Waals surface area contributed by atoms with E-state index in [-0.39, 0.29) is 30.5 Å². The van der Waals surface area contributed by atoms with E-state index in [1.165, 1.54) is 4.90 Å². The molecule has 98 valence electrons. The molecule has 1 fully saturated rings. The molecule has 5 heteroatoms. The Labute approximate surface area is 102 Å². The van der Waals surface area contributed by atoms with Crippen molar-refractivity contribution in [1.29, 1.82) is 0 Å². The molecule has 0 aromatic heterocycles. The monoisotopic (exact) mass is 242 g/mol. The maximum absolute atomic E-state index is 12.1. The van der Waals surface area contributed by atoms with Gasteiger partial charge in [-0.1, -0.05) is 6.92 Å². The molecule has 0 aromatic rings. The second-order valence-electron chi connectivity index (χ2n) is 5.07. The number of hydrogen-bond acceptors (Lipinski definition) is 3. The van der Waals surface area contributed by atoms with Gasteiger partial charge in [-0.15, -0.1) is 0 Å². The predicted octanol–water partition coefficient (Wildman–Crippen LogP) is 0.970. The van der Waals surface area contributed by atoms with Gasteiger partial charge in [0.15, 0.2) is 0 Å². The van der Waals surface area contributed by atoms with Crippen molar-refractivity contribution in [3.8, 4) is 0 Å². The number of carboxylic acids is 1. The third-order valence-electron chi connectivity index (χ3n) is 3.60. The van der Waals surface area contributed by atoms with E-state index in [0.29, 0.717) is 0 Å². The van der Waals surface area contributed by atoms with Crippen molar-refractivity contribution in [3.63, 3.8) is 0 Å². The molecule has 0 spiro atoms. The highest BCUT2D eigenvalue weighted by molar-refractivity contribution is 5.82. The summed E-state index contributed by atoms with van der Waals surface area (Å²) in [5, 5.41) is 8.82. The maximum Gasteiger partial charge on any atom is 0.323 e. The molecule has 17 heavy (non-hydrogen) atoms. The lowest BCUT2D eigenvalue weighted by Crippen LogP contribution is -2.52. The van der Waals surface area contributed by atoms with E-state index >= 15 is 0 Å². The summed E-state index contributed by atoms with van der Waals surface area (Å²) in [6.45, 7) is 3.57. The van der Waals surface area contributed by atoms with Crippen LogP contribution in [-0.4, -0.2) is 40.0 Å². The Bertz CT molecular complexity index is 300. The van der Waals surface area contributed by atoms with Gasteiger partial charge < -0.3 is 15.7 Å². The normalized spacial score (nSPS) is 19.2. The van der Waals surface area contributed by atoms with Gasteiger partial charge in [-0.3, -0.25) is 9.59 Å². The SMILES string of the molecule is CCC(C)N(CC(=O)O)C(=O)CC1(N)CCC1. The molecule has 0 saturated heterocycles. The van der Waals surface area contributed by atoms with Crippen molar-refractivity contribution in [2.24, 2.45) is 5.73 Å². The Kier molecular flexibility index (Phi) is 4.51. The minimum Gasteiger partial charge on any atom is -0.480 e. The molecule has 1 aliphatic carbocycles. The first-order valence-corrected chi connectivity index (χ1v) is 6.18. The second-order valence-corrected chi connectivity index (χ2v) is 5.07. The van der Waals surface area contributed by atoms with E-state index in [9.17, 15) is 9.59 Å². The first-order chi connectivity index (χ1) is 7.88. The zero-order chi connectivity index (χ0) is 13.1. The molecule has 0 radical (unpaired) electrons. The zero-order valence-corrected chi connectivity index (χ0v) is 10.6. The van der Waals surface area contributed by atoms with E-state index < -0.39 is 5.97 Å². The third-order valence-corrected chi connectivity index (χ3v) is 3.60. The van der Waals surface area contributed by atoms with Gasteiger partial charge in [-0.05, 0) is 32.6 Å². The van der Waals surface area contributed by atoms with E-state index in [4.69, 9.17) is 10.8 Å². The van der Waals surface area contributed by atoms with Gasteiger partial charge in [0.25, 0.3) is 0 Å². The van der Waals surface area contributed by atoms with E-state index in [0.717, 1.165) is 25.7 Å². The summed E-state index contributed by atoms with van der Waals surface area (Å²) >= 11 is 0. The smallest absolute Gasteiger partial charge is 0.323 e. The number of carbonyl (C=O) groups excluding carboxylic acids is 1. The number of carbonyl (C=O) groups is 2. The van der Waals surface area contributed by atoms with Crippen LogP contribution in [0, 0.1) is 0 Å². The molecule has 0 aliphatic heterocycles. The van der Waals surface area contributed by atoms with Crippen molar-refractivity contribution in [3.05, 3.63) is 0 Å². The molecule has 0 heterocycles. The van der Waals surface area contributed by atoms with Crippen LogP contribution >= 0.6 is 0 Å². The molecule has 1 rings (SSSR count). The Balaban J connectivity index is 2.61. The summed E-state index contributed by atoms with van der Waals surface area (Å²) in [6.07, 6.45) is 3.80. The molecule has 1 atom stereocenters. The van der Waals surface area contributed by atoms with Crippen molar-refractivity contribution >= 4 is 11.9 Å². The minimum absolute atomic E-state index is 0.0534. The van der Waals surface area contributed by atoms with Crippen LogP contribution in [0.5, 0.6) is 0 Å². The lowest BCUT2D eigenvalue weighted by molar-refractivity contribution is -0.147. The first kappa shape index (κ1) is 14.0. The molecule has 0 aromatic carbocycles. The van der Waals surface area contributed by atoms with Crippen LogP contribution in [0.2, 0.25) is 0 Å². The lowest BCUT2D eigenvalue weighted by Gasteiger charge is -2.39. The fourth-order valence-corrected chi connectivity index (χ4v) is 2.07. The van der Waals surface area contributed by atoms with Gasteiger partial charge in [0.1, 0.15) is 6.54 Å². The lowest BCUT2D eigenvalue weighted by atomic mass is 9.75. The van der Waals surface area contributed by atoms with Crippen molar-refractivity contribution in [2.75, 3.05) is 6.54 Å². The average molecular weight is 242 g/mol. The minimum atomic E-state index is -0.974. The average Bonchev–Trinajstić information content (AvgIpc) is 2.22. The van der Waals surface area contributed by atoms with Gasteiger partial charge in [-0.25, -0.2) is 0 Å². The number of aliphatic carboxylic acids is 1. The standard InChI is InChI=1S/C12H22N2O3/c1-3-9(2)14(8-11(16)17)10(15)7-12(13)5-4-6-12/h9H,3-8,13H2,1-2H3,(H,16,17). The van der Waals surface area contributed by atoms with Crippen LogP contribution < -0.4 is 5.73 Å². The Hall–Kier alpha value is -1.10. The third kappa shape index (κ3) is 3.70. The highest BCUT2D eigenvalue weighted by Gasteiger charge is 2.36. The van der Waals surface area contributed by atoms with Gasteiger partial charge in [0.05, 0.1) is 0 Å². The van der Waals surface area contributed by atoms with Crippen LogP contribution in [0.1, 0.15) is 46.0 Å². The van der Waals surface area contributed by atoms with Crippen molar-refractivity contribution in [1.82, 2.24) is 4.90 Å². The summed E-state index contributed by atoms with van der Waals surface area (Å²) in [5.41, 5.74) is 5.63. The predicted molar refractivity (Wildman–Crippen MR) is 64.5 cm³/mol. The number of amides is 1. The molecule has 1 saturated carbocycles. The molecule has 0 bridgehead atoms. The molecular formula is C12H22N2O3. The summed E-state index contributed by atoms with van der Waals surface area (Å²) in [6, 6.07) is -0.0534. The number of rotatable bonds is 6. The van der Waals surface area contributed by atoms with Gasteiger partial charge >= 0.3 is 5.97 Å². The van der Waals surface area contributed by atoms with Crippen LogP contribution in [0.15, 0.2) is 0 Å². The van der Waals surface area contributed by atoms with Crippen LogP contribution in [-0.2, 0) is 9.59 Å². The summed E-state index contributed by atoms with van der Waals surface area (Å²) in [7, 11) is 0. The molecule has 1 unspecified atom stereocenters. The second kappa shape index (κ2) is 5.49. The maximum atomic E-state index is 12.1. The van der Waals surface area contributed by atoms with Crippen molar-refractivity contribution < 1.29 is 14.7 Å². The number of hydrogen-bond donors (Lipinski definition) is 2. The van der Waals surface area contributed by atoms with Crippen LogP contribution in [0.3, 0.4) is 0 Å². The Morgan fingerprint density at radius 1 is 1.47 bits per heavy atom. The largest absolute Gasteiger partial charge is 0.480 e. The van der Waals surface area contributed by atoms with Gasteiger partial charge in [0.2, 0.25) is 5.91 Å². The molecule has 5 nitrogen and oxygen atoms in total. The van der Waals surface area contributed by atoms with Crippen LogP contribution in [0.25, 0.3) is 0 Å². The molecule has 3 N–H and O–H groups in total. The summed E-state index contributed by atoms with van der Waals surface area (Å²) in [4.78, 5) is 24.3. The van der Waals surface area contributed by atoms with Gasteiger partial charge in [0, 0.05) is 18.0 Å². The van der Waals surface area contributed by atoms with Crippen LogP contribution in [0.4, 0.5) is 0 Å². The Morgan fingerprint density at radius 2 is 2.06 bits per heavy atom. The number of nitrogens with two attached hydrogens (primary N) is 1. The van der Waals surface area contributed by atoms with Gasteiger partial charge in [-0.2, -0.15) is 0 Å². The fraction of sp³-hybridized carbons (Fsp3) is 0.833. The zero-order valence-electron chi connectivity index (χ0n) is 10.6. The molecular weight excluding hydrogens is 220 g/mol. The van der Waals surface area contributed by atoms with Crippen molar-refractivity contribution in [2.45, 2.75) is 57.5 Å².